The third-order valence-corrected chi connectivity index (χ3v) is 18.2. The molecule has 0 radical (unpaired) electrons. The molecule has 22 heteroatoms. The molecule has 4 saturated heterocycles. The first-order valence-electron chi connectivity index (χ1n) is 25.6. The molecule has 71 heavy (non-hydrogen) atoms. The molecule has 4 aliphatic carbocycles. The topological polar surface area (TPSA) is 346 Å². The van der Waals surface area contributed by atoms with Crippen molar-refractivity contribution >= 4 is 0 Å². The molecule has 5 aliphatic heterocycles. The molecule has 5 heterocycles. The van der Waals surface area contributed by atoms with Crippen LogP contribution in [-0.4, -0.2) is 228 Å². The van der Waals surface area contributed by atoms with Crippen molar-refractivity contribution in [3.63, 3.8) is 0 Å². The molecule has 406 valence electrons. The largest absolute Gasteiger partial charge is 0.494 e. The average Bonchev–Trinajstić information content (AvgIpc) is 3.84. The quantitative estimate of drug-likeness (QED) is 0.0788. The summed E-state index contributed by atoms with van der Waals surface area (Å²) in [6.45, 7) is 6.56. The highest BCUT2D eigenvalue weighted by Gasteiger charge is 2.64. The molecule has 0 bridgehead atoms. The molecular formula is C49H78O22. The van der Waals surface area contributed by atoms with Crippen molar-refractivity contribution in [2.24, 2.45) is 34.5 Å². The lowest BCUT2D eigenvalue weighted by atomic mass is 9.47. The lowest BCUT2D eigenvalue weighted by Gasteiger charge is -2.58. The minimum Gasteiger partial charge on any atom is -0.494 e. The van der Waals surface area contributed by atoms with Crippen LogP contribution in [0, 0.1) is 34.5 Å². The van der Waals surface area contributed by atoms with Crippen LogP contribution in [0.3, 0.4) is 0 Å². The summed E-state index contributed by atoms with van der Waals surface area (Å²) >= 11 is 0. The second-order valence-corrected chi connectivity index (χ2v) is 22.4. The van der Waals surface area contributed by atoms with Gasteiger partial charge >= 0.3 is 0 Å². The molecule has 7 fully saturated rings. The molecule has 9 aliphatic rings. The summed E-state index contributed by atoms with van der Waals surface area (Å²) in [7, 11) is 0. The predicted molar refractivity (Wildman–Crippen MR) is 240 cm³/mol. The maximum absolute atomic E-state index is 12.0. The monoisotopic (exact) mass is 1020 g/mol. The second-order valence-electron chi connectivity index (χ2n) is 22.4. The van der Waals surface area contributed by atoms with E-state index in [1.807, 2.05) is 0 Å². The van der Waals surface area contributed by atoms with E-state index in [-0.39, 0.29) is 36.1 Å². The van der Waals surface area contributed by atoms with Gasteiger partial charge in [0.2, 0.25) is 0 Å². The van der Waals surface area contributed by atoms with Gasteiger partial charge in [0.15, 0.2) is 25.2 Å². The van der Waals surface area contributed by atoms with Crippen molar-refractivity contribution in [1.82, 2.24) is 0 Å². The molecule has 0 spiro atoms. The van der Waals surface area contributed by atoms with E-state index in [0.717, 1.165) is 37.9 Å². The zero-order valence-electron chi connectivity index (χ0n) is 40.8. The summed E-state index contributed by atoms with van der Waals surface area (Å²) in [5.41, 5.74) is 2.37. The standard InChI is InChI=1S/C49H78O22/c1-19-28(8-6-22(52)17-63-44-39(60)37(58)35(56)30(15-50)68-44)67-29-14-26-24-7-5-21-13-23(9-11-48(21,3)25(24)10-12-49(26,4)32(19)29)66-47-43(71-46-40(61)36(57)33(54)20(2)65-46)41(62)42(31(16-51)69-47)70-45-38(59)34(55)27(53)18-64-45/h5,20,22-27,29-47,50-62H,6-18H2,1-4H3/t20-,22-,23-,24+,25-,26-,27-,29-,30+,31+,32-,33-,34-,35+,36+,37-,38+,39+,40+,41-,42+,43+,44+,45-,46-,47+,48-,49-/m0/s1. The van der Waals surface area contributed by atoms with E-state index in [4.69, 9.17) is 42.6 Å². The normalized spacial score (nSPS) is 52.5. The highest BCUT2D eigenvalue weighted by molar-refractivity contribution is 5.30. The van der Waals surface area contributed by atoms with Crippen molar-refractivity contribution in [2.45, 2.75) is 221 Å². The lowest BCUT2D eigenvalue weighted by Crippen LogP contribution is -2.66. The highest BCUT2D eigenvalue weighted by atomic mass is 16.8. The third-order valence-electron chi connectivity index (χ3n) is 18.2. The number of ether oxygens (including phenoxy) is 9. The Balaban J connectivity index is 0.846. The van der Waals surface area contributed by atoms with E-state index in [1.54, 1.807) is 0 Å². The van der Waals surface area contributed by atoms with E-state index in [9.17, 15) is 66.4 Å². The van der Waals surface area contributed by atoms with Crippen LogP contribution in [0.1, 0.15) is 85.5 Å². The Morgan fingerprint density at radius 1 is 0.704 bits per heavy atom. The van der Waals surface area contributed by atoms with E-state index in [2.05, 4.69) is 26.8 Å². The van der Waals surface area contributed by atoms with E-state index < -0.39 is 142 Å². The predicted octanol–water partition coefficient (Wildman–Crippen LogP) is -2.69. The van der Waals surface area contributed by atoms with Gasteiger partial charge in [0.05, 0.1) is 50.5 Å². The summed E-state index contributed by atoms with van der Waals surface area (Å²) in [5, 5.41) is 136. The molecule has 13 N–H and O–H groups in total. The first-order valence-corrected chi connectivity index (χ1v) is 25.6. The zero-order chi connectivity index (χ0) is 51.0. The maximum Gasteiger partial charge on any atom is 0.187 e. The van der Waals surface area contributed by atoms with Crippen LogP contribution >= 0.6 is 0 Å². The minimum absolute atomic E-state index is 0.00726. The Bertz CT molecular complexity index is 1890. The average molecular weight is 1020 g/mol. The number of allylic oxidation sites excluding steroid dienone is 2. The van der Waals surface area contributed by atoms with Crippen molar-refractivity contribution in [3.05, 3.63) is 23.0 Å². The van der Waals surface area contributed by atoms with Gasteiger partial charge in [0, 0.05) is 12.3 Å². The van der Waals surface area contributed by atoms with Crippen molar-refractivity contribution in [3.8, 4) is 0 Å². The number of fused-ring (bicyclic) bond motifs is 7. The number of aliphatic hydroxyl groups is 13. The summed E-state index contributed by atoms with van der Waals surface area (Å²) in [6, 6.07) is 0. The Labute approximate surface area is 412 Å². The van der Waals surface area contributed by atoms with Gasteiger partial charge in [-0.25, -0.2) is 0 Å². The third kappa shape index (κ3) is 9.93. The Hall–Kier alpha value is -1.56. The van der Waals surface area contributed by atoms with Crippen LogP contribution in [0.15, 0.2) is 23.0 Å². The number of hydrogen-bond donors (Lipinski definition) is 13. The molecule has 0 aromatic heterocycles. The first-order chi connectivity index (χ1) is 33.7. The molecule has 28 atom stereocenters. The summed E-state index contributed by atoms with van der Waals surface area (Å²) < 4.78 is 53.9. The number of aliphatic hydroxyl groups excluding tert-OH is 13. The van der Waals surface area contributed by atoms with E-state index >= 15 is 0 Å². The first kappa shape index (κ1) is 54.2. The van der Waals surface area contributed by atoms with Gasteiger partial charge in [-0.3, -0.25) is 0 Å². The molecular weight excluding hydrogens is 941 g/mol. The van der Waals surface area contributed by atoms with Crippen LogP contribution in [0.25, 0.3) is 0 Å². The lowest BCUT2D eigenvalue weighted by molar-refractivity contribution is -0.385. The molecule has 0 amide bonds. The molecule has 0 aromatic carbocycles. The zero-order valence-corrected chi connectivity index (χ0v) is 40.8. The summed E-state index contributed by atoms with van der Waals surface area (Å²) in [6.07, 6.45) is -20.3. The van der Waals surface area contributed by atoms with Gasteiger partial charge in [-0.05, 0) is 99.4 Å². The molecule has 0 aromatic rings. The SMILES string of the molecule is CC1=C(CC[C@H](O)CO[C@@H]2O[C@H](CO)[C@@H](O)[C@H](O)[C@H]2O)O[C@H]2C[C@H]3[C@@H]4CC=C5C[C@@H](O[C@@H]6O[C@H](CO)[C@@H](O[C@@H]7OC[C@H](O)[C@H](O)[C@H]7O)[C@H](O)[C@H]6O[C@@H]6O[C@@H](C)[C@H](O)[C@@H](O)[C@H]6O)CC[C@]5(C)[C@H]4CC[C@]3(C)[C@@H]12. The second kappa shape index (κ2) is 21.5. The Kier molecular flexibility index (Phi) is 16.4. The van der Waals surface area contributed by atoms with Crippen LogP contribution in [-0.2, 0) is 42.6 Å². The van der Waals surface area contributed by atoms with Crippen molar-refractivity contribution in [2.75, 3.05) is 26.4 Å². The molecule has 3 saturated carbocycles. The van der Waals surface area contributed by atoms with Crippen LogP contribution < -0.4 is 0 Å². The Morgan fingerprint density at radius 2 is 1.38 bits per heavy atom. The van der Waals surface area contributed by atoms with Gasteiger partial charge in [-0.1, -0.05) is 25.5 Å². The van der Waals surface area contributed by atoms with Gasteiger partial charge in [0.25, 0.3) is 0 Å². The van der Waals surface area contributed by atoms with Gasteiger partial charge in [0.1, 0.15) is 91.6 Å². The van der Waals surface area contributed by atoms with Gasteiger partial charge in [-0.15, -0.1) is 0 Å². The number of hydrogen-bond acceptors (Lipinski definition) is 22. The highest BCUT2D eigenvalue weighted by Crippen LogP contribution is 2.69. The van der Waals surface area contributed by atoms with Gasteiger partial charge in [-0.2, -0.15) is 0 Å². The summed E-state index contributed by atoms with van der Waals surface area (Å²) in [4.78, 5) is 0. The fourth-order valence-corrected chi connectivity index (χ4v) is 14.1. The van der Waals surface area contributed by atoms with Crippen LogP contribution in [0.5, 0.6) is 0 Å². The molecule has 9 rings (SSSR count). The van der Waals surface area contributed by atoms with Crippen LogP contribution in [0.2, 0.25) is 0 Å². The smallest absolute Gasteiger partial charge is 0.187 e. The molecule has 0 unspecified atom stereocenters. The fourth-order valence-electron chi connectivity index (χ4n) is 14.1. The molecule has 22 nitrogen and oxygen atoms in total. The van der Waals surface area contributed by atoms with Crippen molar-refractivity contribution in [1.29, 1.82) is 0 Å². The number of rotatable bonds is 14. The van der Waals surface area contributed by atoms with E-state index in [0.29, 0.717) is 43.4 Å². The minimum atomic E-state index is -1.74. The van der Waals surface area contributed by atoms with E-state index in [1.165, 1.54) is 18.1 Å². The van der Waals surface area contributed by atoms with Crippen molar-refractivity contribution < 1.29 is 109 Å². The summed E-state index contributed by atoms with van der Waals surface area (Å²) in [5.74, 6) is 2.37. The van der Waals surface area contributed by atoms with Gasteiger partial charge < -0.3 is 109 Å². The fraction of sp³-hybridized carbons (Fsp3) is 0.918. The van der Waals surface area contributed by atoms with Crippen LogP contribution in [0.4, 0.5) is 0 Å². The Morgan fingerprint density at radius 3 is 2.11 bits per heavy atom. The maximum atomic E-state index is 12.0.